The lowest BCUT2D eigenvalue weighted by atomic mass is 9.86. The van der Waals surface area contributed by atoms with Crippen molar-refractivity contribution in [1.82, 2.24) is 24.8 Å². The molecule has 9 nitrogen and oxygen atoms in total. The van der Waals surface area contributed by atoms with E-state index in [1.807, 2.05) is 32.2 Å². The Morgan fingerprint density at radius 2 is 2.11 bits per heavy atom. The van der Waals surface area contributed by atoms with E-state index in [2.05, 4.69) is 25.3 Å². The van der Waals surface area contributed by atoms with Crippen LogP contribution < -0.4 is 15.8 Å². The van der Waals surface area contributed by atoms with E-state index in [9.17, 15) is 4.79 Å². The van der Waals surface area contributed by atoms with Gasteiger partial charge in [0.1, 0.15) is 17.1 Å². The number of rotatable bonds is 7. The van der Waals surface area contributed by atoms with Gasteiger partial charge < -0.3 is 20.7 Å². The summed E-state index contributed by atoms with van der Waals surface area (Å²) in [6.45, 7) is 3.15. The number of piperidine rings is 1. The van der Waals surface area contributed by atoms with Crippen molar-refractivity contribution in [2.75, 3.05) is 34.3 Å². The Labute approximate surface area is 209 Å². The largest absolute Gasteiger partial charge is 0.495 e. The van der Waals surface area contributed by atoms with E-state index in [4.69, 9.17) is 10.5 Å². The van der Waals surface area contributed by atoms with E-state index < -0.39 is 5.67 Å². The summed E-state index contributed by atoms with van der Waals surface area (Å²) in [7, 11) is 5.03. The highest BCUT2D eigenvalue weighted by molar-refractivity contribution is 6.44. The second-order valence-corrected chi connectivity index (χ2v) is 9.07. The first-order chi connectivity index (χ1) is 17.3. The van der Waals surface area contributed by atoms with Crippen molar-refractivity contribution in [3.63, 3.8) is 0 Å². The first-order valence-corrected chi connectivity index (χ1v) is 11.8. The lowest BCUT2D eigenvalue weighted by Crippen LogP contribution is -2.38. The van der Waals surface area contributed by atoms with Crippen molar-refractivity contribution in [2.24, 2.45) is 10.7 Å². The predicted octanol–water partition coefficient (Wildman–Crippen LogP) is 2.88. The van der Waals surface area contributed by atoms with Crippen LogP contribution in [0.4, 0.5) is 4.39 Å². The van der Waals surface area contributed by atoms with Crippen LogP contribution in [0.5, 0.6) is 5.75 Å². The number of aliphatic imine (C=N–C) groups is 1. The number of carbonyl (C=O) groups is 1. The maximum Gasteiger partial charge on any atom is 0.270 e. The van der Waals surface area contributed by atoms with E-state index >= 15 is 4.39 Å². The van der Waals surface area contributed by atoms with Crippen LogP contribution in [0.15, 0.2) is 53.9 Å². The average Bonchev–Trinajstić information content (AvgIpc) is 3.31. The van der Waals surface area contributed by atoms with E-state index in [0.717, 1.165) is 5.69 Å². The molecule has 36 heavy (non-hydrogen) atoms. The van der Waals surface area contributed by atoms with E-state index in [-0.39, 0.29) is 17.7 Å². The zero-order chi connectivity index (χ0) is 25.9. The monoisotopic (exact) mass is 493 g/mol. The van der Waals surface area contributed by atoms with Crippen molar-refractivity contribution < 1.29 is 13.9 Å². The molecule has 1 atom stereocenters. The van der Waals surface area contributed by atoms with Crippen molar-refractivity contribution in [2.45, 2.75) is 31.5 Å². The van der Waals surface area contributed by atoms with Crippen molar-refractivity contribution in [3.05, 3.63) is 65.8 Å². The number of hydrogen-bond acceptors (Lipinski definition) is 7. The Balaban J connectivity index is 1.64. The molecule has 0 radical (unpaired) electrons. The molecule has 1 amide bonds. The third-order valence-corrected chi connectivity index (χ3v) is 6.66. The standard InChI is InChI=1S/C26H32FN7O2/c1-17(21-7-5-6-10-30-21)32-25(35)22(29-2)14-20(28)18-15-31-34-16-24(36-4)19(13-23(18)34)26(27)8-11-33(3)12-9-26/h5-7,10,13-17H,8-9,11-12,28H2,1-4H3,(H,32,35)/b20-14-,29-22?. The second kappa shape index (κ2) is 10.4. The smallest absolute Gasteiger partial charge is 0.270 e. The molecule has 190 valence electrons. The number of nitrogens with one attached hydrogen (secondary N) is 1. The van der Waals surface area contributed by atoms with Gasteiger partial charge in [-0.25, -0.2) is 8.91 Å². The fourth-order valence-electron chi connectivity index (χ4n) is 4.42. The number of fused-ring (bicyclic) bond motifs is 1. The van der Waals surface area contributed by atoms with Gasteiger partial charge in [0.25, 0.3) is 5.91 Å². The van der Waals surface area contributed by atoms with Crippen LogP contribution in [-0.4, -0.2) is 65.4 Å². The normalized spacial score (nSPS) is 17.7. The van der Waals surface area contributed by atoms with E-state index in [1.165, 1.54) is 20.2 Å². The van der Waals surface area contributed by atoms with Gasteiger partial charge in [-0.2, -0.15) is 5.10 Å². The Morgan fingerprint density at radius 1 is 1.36 bits per heavy atom. The average molecular weight is 494 g/mol. The zero-order valence-electron chi connectivity index (χ0n) is 21.0. The summed E-state index contributed by atoms with van der Waals surface area (Å²) < 4.78 is 23.2. The van der Waals surface area contributed by atoms with Crippen LogP contribution >= 0.6 is 0 Å². The first kappa shape index (κ1) is 25.3. The number of pyridine rings is 2. The minimum absolute atomic E-state index is 0.153. The molecule has 1 saturated heterocycles. The van der Waals surface area contributed by atoms with Crippen LogP contribution in [0.3, 0.4) is 0 Å². The molecule has 10 heteroatoms. The van der Waals surface area contributed by atoms with Crippen LogP contribution in [0.25, 0.3) is 11.2 Å². The molecule has 0 spiro atoms. The van der Waals surface area contributed by atoms with Crippen molar-refractivity contribution in [3.8, 4) is 5.75 Å². The molecule has 3 aromatic rings. The van der Waals surface area contributed by atoms with E-state index in [1.54, 1.807) is 29.2 Å². The molecule has 1 aliphatic rings. The molecule has 3 aromatic heterocycles. The molecule has 0 bridgehead atoms. The van der Waals surface area contributed by atoms with Gasteiger partial charge in [0.05, 0.1) is 36.8 Å². The molecular formula is C26H32FN7O2. The lowest BCUT2D eigenvalue weighted by molar-refractivity contribution is -0.115. The molecular weight excluding hydrogens is 461 g/mol. The predicted molar refractivity (Wildman–Crippen MR) is 138 cm³/mol. The third-order valence-electron chi connectivity index (χ3n) is 6.66. The maximum absolute atomic E-state index is 16.1. The Morgan fingerprint density at radius 3 is 2.75 bits per heavy atom. The van der Waals surface area contributed by atoms with Gasteiger partial charge in [0, 0.05) is 43.2 Å². The summed E-state index contributed by atoms with van der Waals surface area (Å²) in [5, 5.41) is 7.26. The Kier molecular flexibility index (Phi) is 7.35. The summed E-state index contributed by atoms with van der Waals surface area (Å²) >= 11 is 0. The summed E-state index contributed by atoms with van der Waals surface area (Å²) in [4.78, 5) is 23.4. The number of aromatic nitrogens is 3. The Hall–Kier alpha value is -3.79. The van der Waals surface area contributed by atoms with Crippen molar-refractivity contribution in [1.29, 1.82) is 0 Å². The van der Waals surface area contributed by atoms with Crippen LogP contribution in [0.1, 0.15) is 42.6 Å². The molecule has 1 fully saturated rings. The number of amides is 1. The van der Waals surface area contributed by atoms with Crippen LogP contribution in [-0.2, 0) is 10.5 Å². The SMILES string of the molecule is CN=C(/C=C(\N)c1cnn2cc(OC)c(C3(F)CCN(C)CC3)cc12)C(=O)NC(C)c1ccccn1. The molecule has 3 N–H and O–H groups in total. The van der Waals surface area contributed by atoms with Gasteiger partial charge in [-0.3, -0.25) is 14.8 Å². The van der Waals surface area contributed by atoms with Gasteiger partial charge in [0.15, 0.2) is 0 Å². The fraction of sp³-hybridized carbons (Fsp3) is 0.385. The molecule has 1 unspecified atom stereocenters. The molecule has 4 rings (SSSR count). The quantitative estimate of drug-likeness (QED) is 0.490. The van der Waals surface area contributed by atoms with Crippen LogP contribution in [0, 0.1) is 0 Å². The maximum atomic E-state index is 16.1. The number of halogens is 1. The highest BCUT2D eigenvalue weighted by Crippen LogP contribution is 2.42. The Bertz CT molecular complexity index is 1290. The minimum Gasteiger partial charge on any atom is -0.495 e. The highest BCUT2D eigenvalue weighted by Gasteiger charge is 2.38. The first-order valence-electron chi connectivity index (χ1n) is 11.8. The topological polar surface area (TPSA) is 110 Å². The minimum atomic E-state index is -1.52. The van der Waals surface area contributed by atoms with Gasteiger partial charge >= 0.3 is 0 Å². The number of methoxy groups -OCH3 is 1. The number of hydrogen-bond donors (Lipinski definition) is 2. The molecule has 0 saturated carbocycles. The summed E-state index contributed by atoms with van der Waals surface area (Å²) in [5.41, 5.74) is 7.74. The summed E-state index contributed by atoms with van der Waals surface area (Å²) in [5.74, 6) is 0.0527. The van der Waals surface area contributed by atoms with Gasteiger partial charge in [-0.15, -0.1) is 0 Å². The number of carbonyl (C=O) groups excluding carboxylic acids is 1. The molecule has 4 heterocycles. The molecule has 0 aliphatic carbocycles. The highest BCUT2D eigenvalue weighted by atomic mass is 19.1. The fourth-order valence-corrected chi connectivity index (χ4v) is 4.42. The number of ether oxygens (including phenoxy) is 1. The lowest BCUT2D eigenvalue weighted by Gasteiger charge is -2.35. The van der Waals surface area contributed by atoms with Crippen molar-refractivity contribution >= 4 is 22.8 Å². The summed E-state index contributed by atoms with van der Waals surface area (Å²) in [6, 6.07) is 6.95. The number of nitrogens with zero attached hydrogens (tertiary/aromatic N) is 5. The molecule has 1 aliphatic heterocycles. The molecule has 0 aromatic carbocycles. The zero-order valence-corrected chi connectivity index (χ0v) is 21.0. The van der Waals surface area contributed by atoms with Crippen LogP contribution in [0.2, 0.25) is 0 Å². The van der Waals surface area contributed by atoms with E-state index in [0.29, 0.717) is 54.0 Å². The third kappa shape index (κ3) is 5.08. The second-order valence-electron chi connectivity index (χ2n) is 9.07. The van der Waals surface area contributed by atoms with Gasteiger partial charge in [-0.1, -0.05) is 6.07 Å². The van der Waals surface area contributed by atoms with Gasteiger partial charge in [0.2, 0.25) is 0 Å². The van der Waals surface area contributed by atoms with Gasteiger partial charge in [-0.05, 0) is 51.1 Å². The number of nitrogens with two attached hydrogens (primary N) is 1. The number of likely N-dealkylation sites (tertiary alicyclic amines) is 1. The number of alkyl halides is 1. The summed E-state index contributed by atoms with van der Waals surface area (Å²) in [6.07, 6.45) is 7.16.